The lowest BCUT2D eigenvalue weighted by Crippen LogP contribution is -2.52. The van der Waals surface area contributed by atoms with E-state index in [1.165, 1.54) is 0 Å². The van der Waals surface area contributed by atoms with E-state index in [1.807, 2.05) is 36.2 Å². The summed E-state index contributed by atoms with van der Waals surface area (Å²) in [5, 5.41) is 0.687. The number of halogens is 1. The van der Waals surface area contributed by atoms with E-state index < -0.39 is 15.4 Å². The molecule has 0 amide bonds. The molecule has 1 unspecified atom stereocenters. The van der Waals surface area contributed by atoms with Crippen LogP contribution in [0.1, 0.15) is 12.0 Å². The van der Waals surface area contributed by atoms with Crippen molar-refractivity contribution in [3.05, 3.63) is 34.9 Å². The summed E-state index contributed by atoms with van der Waals surface area (Å²) in [6.45, 7) is 0.997. The first-order valence-corrected chi connectivity index (χ1v) is 8.43. The lowest BCUT2D eigenvalue weighted by molar-refractivity contribution is 0.143. The van der Waals surface area contributed by atoms with Crippen LogP contribution in [-0.2, 0) is 16.4 Å². The molecule has 0 spiro atoms. The molecule has 2 N–H and O–H groups in total. The van der Waals surface area contributed by atoms with Gasteiger partial charge in [0.05, 0.1) is 11.5 Å². The second-order valence-corrected chi connectivity index (χ2v) is 7.88. The second-order valence-electron chi connectivity index (χ2n) is 5.26. The molecule has 0 bridgehead atoms. The van der Waals surface area contributed by atoms with Crippen molar-refractivity contribution in [2.24, 2.45) is 5.73 Å². The molecular formula is C13H19ClN2O2S. The van der Waals surface area contributed by atoms with E-state index in [0.29, 0.717) is 24.5 Å². The van der Waals surface area contributed by atoms with E-state index >= 15 is 0 Å². The fraction of sp³-hybridized carbons (Fsp3) is 0.538. The Bertz CT molecular complexity index is 562. The molecule has 4 nitrogen and oxygen atoms in total. The zero-order chi connectivity index (χ0) is 14.1. The molecular weight excluding hydrogens is 284 g/mol. The number of nitrogens with two attached hydrogens (primary N) is 1. The number of benzene rings is 1. The smallest absolute Gasteiger partial charge is 0.152 e. The van der Waals surface area contributed by atoms with Gasteiger partial charge in [0.25, 0.3) is 0 Å². The van der Waals surface area contributed by atoms with Crippen LogP contribution >= 0.6 is 11.6 Å². The van der Waals surface area contributed by atoms with Gasteiger partial charge >= 0.3 is 0 Å². The quantitative estimate of drug-likeness (QED) is 0.910. The van der Waals surface area contributed by atoms with Crippen molar-refractivity contribution < 1.29 is 8.42 Å². The Labute approximate surface area is 119 Å². The van der Waals surface area contributed by atoms with Gasteiger partial charge in [-0.05, 0) is 31.2 Å². The fourth-order valence-corrected chi connectivity index (χ4v) is 4.94. The Hall–Kier alpha value is -0.620. The summed E-state index contributed by atoms with van der Waals surface area (Å²) in [6.07, 6.45) is 0.600. The highest BCUT2D eigenvalue weighted by Crippen LogP contribution is 2.29. The molecule has 1 heterocycles. The Balaban J connectivity index is 2.16. The summed E-state index contributed by atoms with van der Waals surface area (Å²) >= 11 is 5.96. The first-order valence-electron chi connectivity index (χ1n) is 6.23. The number of hydrogen-bond acceptors (Lipinski definition) is 4. The third-order valence-corrected chi connectivity index (χ3v) is 5.90. The van der Waals surface area contributed by atoms with Crippen LogP contribution in [0.4, 0.5) is 0 Å². The van der Waals surface area contributed by atoms with Gasteiger partial charge in [0.1, 0.15) is 0 Å². The molecule has 19 heavy (non-hydrogen) atoms. The lowest BCUT2D eigenvalue weighted by atomic mass is 9.96. The number of hydrogen-bond donors (Lipinski definition) is 1. The van der Waals surface area contributed by atoms with Crippen molar-refractivity contribution >= 4 is 21.4 Å². The largest absolute Gasteiger partial charge is 0.329 e. The maximum absolute atomic E-state index is 11.7. The molecule has 106 valence electrons. The summed E-state index contributed by atoms with van der Waals surface area (Å²) in [5.41, 5.74) is 6.46. The van der Waals surface area contributed by atoms with Crippen LogP contribution in [0.25, 0.3) is 0 Å². The van der Waals surface area contributed by atoms with Crippen LogP contribution in [0.3, 0.4) is 0 Å². The van der Waals surface area contributed by atoms with Gasteiger partial charge in [-0.1, -0.05) is 23.7 Å². The van der Waals surface area contributed by atoms with Crippen LogP contribution < -0.4 is 5.73 Å². The summed E-state index contributed by atoms with van der Waals surface area (Å²) in [6, 6.07) is 7.59. The van der Waals surface area contributed by atoms with Gasteiger partial charge in [-0.25, -0.2) is 8.42 Å². The highest BCUT2D eigenvalue weighted by Gasteiger charge is 2.44. The van der Waals surface area contributed by atoms with Crippen molar-refractivity contribution in [2.75, 3.05) is 25.1 Å². The number of likely N-dealkylation sites (N-methyl/N-ethyl adjacent to an activating group) is 1. The topological polar surface area (TPSA) is 63.4 Å². The van der Waals surface area contributed by atoms with E-state index in [4.69, 9.17) is 17.3 Å². The van der Waals surface area contributed by atoms with Crippen molar-refractivity contribution in [3.8, 4) is 0 Å². The van der Waals surface area contributed by atoms with Gasteiger partial charge in [-0.15, -0.1) is 0 Å². The maximum Gasteiger partial charge on any atom is 0.152 e. The molecule has 0 saturated carbocycles. The van der Waals surface area contributed by atoms with Gasteiger partial charge in [0.2, 0.25) is 0 Å². The Morgan fingerprint density at radius 3 is 2.74 bits per heavy atom. The van der Waals surface area contributed by atoms with Crippen LogP contribution in [0.15, 0.2) is 24.3 Å². The van der Waals surface area contributed by atoms with Gasteiger partial charge in [0.15, 0.2) is 9.84 Å². The highest BCUT2D eigenvalue weighted by atomic mass is 35.5. The Morgan fingerprint density at radius 1 is 1.47 bits per heavy atom. The standard InChI is InChI=1S/C13H19ClN2O2S/c1-16(8-11-3-2-4-12(14)7-11)13(9-15)5-6-19(17,18)10-13/h2-4,7H,5-6,8-10,15H2,1H3. The number of rotatable bonds is 4. The first-order chi connectivity index (χ1) is 8.87. The molecule has 0 radical (unpaired) electrons. The average Bonchev–Trinajstić information content (AvgIpc) is 2.66. The SMILES string of the molecule is CN(Cc1cccc(Cl)c1)C1(CN)CCS(=O)(=O)C1. The fourth-order valence-electron chi connectivity index (χ4n) is 2.59. The molecule has 1 aliphatic heterocycles. The summed E-state index contributed by atoms with van der Waals surface area (Å²) in [5.74, 6) is 0.373. The molecule has 1 atom stereocenters. The molecule has 1 fully saturated rings. The maximum atomic E-state index is 11.7. The lowest BCUT2D eigenvalue weighted by Gasteiger charge is -2.36. The molecule has 2 rings (SSSR count). The Morgan fingerprint density at radius 2 is 2.21 bits per heavy atom. The van der Waals surface area contributed by atoms with Crippen LogP contribution in [0.5, 0.6) is 0 Å². The monoisotopic (exact) mass is 302 g/mol. The van der Waals surface area contributed by atoms with E-state index in [-0.39, 0.29) is 11.5 Å². The van der Waals surface area contributed by atoms with E-state index in [1.54, 1.807) is 0 Å². The van der Waals surface area contributed by atoms with Crippen LogP contribution in [0, 0.1) is 0 Å². The minimum atomic E-state index is -2.96. The van der Waals surface area contributed by atoms with E-state index in [2.05, 4.69) is 0 Å². The van der Waals surface area contributed by atoms with Crippen LogP contribution in [-0.4, -0.2) is 44.0 Å². The van der Waals surface area contributed by atoms with Gasteiger partial charge < -0.3 is 5.73 Å². The molecule has 1 saturated heterocycles. The number of nitrogens with zero attached hydrogens (tertiary/aromatic N) is 1. The average molecular weight is 303 g/mol. The Kier molecular flexibility index (Phi) is 4.20. The molecule has 1 aromatic rings. The minimum Gasteiger partial charge on any atom is -0.329 e. The molecule has 0 aromatic heterocycles. The van der Waals surface area contributed by atoms with Crippen molar-refractivity contribution in [1.29, 1.82) is 0 Å². The van der Waals surface area contributed by atoms with E-state index in [9.17, 15) is 8.42 Å². The van der Waals surface area contributed by atoms with Crippen LogP contribution in [0.2, 0.25) is 5.02 Å². The second kappa shape index (κ2) is 5.40. The number of sulfone groups is 1. The zero-order valence-electron chi connectivity index (χ0n) is 11.0. The zero-order valence-corrected chi connectivity index (χ0v) is 12.5. The predicted octanol–water partition coefficient (Wildman–Crippen LogP) is 1.29. The van der Waals surface area contributed by atoms with Gasteiger partial charge in [-0.2, -0.15) is 0 Å². The summed E-state index contributed by atoms with van der Waals surface area (Å²) in [7, 11) is -1.03. The minimum absolute atomic E-state index is 0.146. The van der Waals surface area contributed by atoms with Crippen molar-refractivity contribution in [1.82, 2.24) is 4.90 Å². The molecule has 1 aliphatic rings. The molecule has 6 heteroatoms. The van der Waals surface area contributed by atoms with E-state index in [0.717, 1.165) is 5.56 Å². The summed E-state index contributed by atoms with van der Waals surface area (Å²) in [4.78, 5) is 2.04. The normalized spacial score (nSPS) is 25.9. The third kappa shape index (κ3) is 3.28. The third-order valence-electron chi connectivity index (χ3n) is 3.87. The molecule has 0 aliphatic carbocycles. The molecule has 1 aromatic carbocycles. The van der Waals surface area contributed by atoms with Gasteiger partial charge in [0, 0.05) is 23.7 Å². The van der Waals surface area contributed by atoms with Crippen molar-refractivity contribution in [2.45, 2.75) is 18.5 Å². The highest BCUT2D eigenvalue weighted by molar-refractivity contribution is 7.91. The van der Waals surface area contributed by atoms with Gasteiger partial charge in [-0.3, -0.25) is 4.90 Å². The predicted molar refractivity (Wildman–Crippen MR) is 78.0 cm³/mol. The summed E-state index contributed by atoms with van der Waals surface area (Å²) < 4.78 is 23.4. The first kappa shape index (κ1) is 14.8. The van der Waals surface area contributed by atoms with Crippen molar-refractivity contribution in [3.63, 3.8) is 0 Å².